The number of amides is 2. The molecule has 1 aromatic heterocycles. The summed E-state index contributed by atoms with van der Waals surface area (Å²) in [5, 5.41) is 4.36. The smallest absolute Gasteiger partial charge is 0.340 e. The van der Waals surface area contributed by atoms with Crippen molar-refractivity contribution in [1.82, 2.24) is 15.6 Å². The highest BCUT2D eigenvalue weighted by molar-refractivity contribution is 6.35. The van der Waals surface area contributed by atoms with Crippen LogP contribution in [0.2, 0.25) is 0 Å². The molecule has 0 aliphatic rings. The minimum absolute atomic E-state index is 0.206. The van der Waals surface area contributed by atoms with Crippen molar-refractivity contribution in [2.75, 3.05) is 20.2 Å². The van der Waals surface area contributed by atoms with E-state index >= 15 is 0 Å². The summed E-state index contributed by atoms with van der Waals surface area (Å²) >= 11 is 0. The predicted octanol–water partition coefficient (Wildman–Crippen LogP) is -0.147. The summed E-state index contributed by atoms with van der Waals surface area (Å²) in [6, 6.07) is 0. The molecule has 0 saturated heterocycles. The lowest BCUT2D eigenvalue weighted by atomic mass is 10.1. The van der Waals surface area contributed by atoms with E-state index in [1.165, 1.54) is 7.05 Å². The number of aryl methyl sites for hydroxylation is 1. The molecular formula is C14H19N3O5. The molecule has 1 aromatic rings. The summed E-state index contributed by atoms with van der Waals surface area (Å²) < 4.78 is 4.93. The number of nitrogens with one attached hydrogen (secondary N) is 3. The van der Waals surface area contributed by atoms with E-state index in [-0.39, 0.29) is 18.8 Å². The van der Waals surface area contributed by atoms with Gasteiger partial charge in [0.1, 0.15) is 0 Å². The van der Waals surface area contributed by atoms with Crippen LogP contribution in [-0.4, -0.2) is 48.8 Å². The van der Waals surface area contributed by atoms with Crippen LogP contribution in [0.4, 0.5) is 0 Å². The number of aromatic amines is 1. The predicted molar refractivity (Wildman–Crippen MR) is 77.6 cm³/mol. The van der Waals surface area contributed by atoms with Crippen molar-refractivity contribution in [3.63, 3.8) is 0 Å². The largest absolute Gasteiger partial charge is 0.462 e. The van der Waals surface area contributed by atoms with Crippen molar-refractivity contribution < 1.29 is 23.9 Å². The zero-order chi connectivity index (χ0) is 16.9. The normalized spacial score (nSPS) is 10.0. The number of hydrogen-bond donors (Lipinski definition) is 3. The summed E-state index contributed by atoms with van der Waals surface area (Å²) in [5.41, 5.74) is 1.48. The lowest BCUT2D eigenvalue weighted by Crippen LogP contribution is -2.40. The molecule has 2 amide bonds. The van der Waals surface area contributed by atoms with Crippen molar-refractivity contribution >= 4 is 23.6 Å². The first-order valence-corrected chi connectivity index (χ1v) is 6.72. The quantitative estimate of drug-likeness (QED) is 0.397. The van der Waals surface area contributed by atoms with Gasteiger partial charge in [-0.2, -0.15) is 0 Å². The van der Waals surface area contributed by atoms with Gasteiger partial charge in [0.05, 0.1) is 24.4 Å². The Morgan fingerprint density at radius 3 is 2.32 bits per heavy atom. The minimum atomic E-state index is -0.901. The molecule has 0 spiro atoms. The number of ether oxygens (including phenoxy) is 1. The molecule has 0 bridgehead atoms. The molecule has 0 atom stereocenters. The van der Waals surface area contributed by atoms with Gasteiger partial charge in [-0.05, 0) is 26.3 Å². The van der Waals surface area contributed by atoms with Crippen LogP contribution in [0.3, 0.4) is 0 Å². The molecule has 0 aliphatic carbocycles. The van der Waals surface area contributed by atoms with Gasteiger partial charge in [-0.15, -0.1) is 0 Å². The zero-order valence-corrected chi connectivity index (χ0v) is 13.0. The van der Waals surface area contributed by atoms with E-state index in [9.17, 15) is 19.2 Å². The van der Waals surface area contributed by atoms with E-state index in [0.29, 0.717) is 16.8 Å². The second kappa shape index (κ2) is 7.39. The number of rotatable bonds is 5. The van der Waals surface area contributed by atoms with E-state index < -0.39 is 23.6 Å². The lowest BCUT2D eigenvalue weighted by Gasteiger charge is -2.04. The maximum Gasteiger partial charge on any atom is 0.340 e. The fraction of sp³-hybridized carbons (Fsp3) is 0.429. The molecule has 120 valence electrons. The summed E-state index contributed by atoms with van der Waals surface area (Å²) in [6.45, 7) is 4.84. The van der Waals surface area contributed by atoms with Crippen LogP contribution in [0.5, 0.6) is 0 Å². The summed E-state index contributed by atoms with van der Waals surface area (Å²) in [4.78, 5) is 49.1. The van der Waals surface area contributed by atoms with Crippen LogP contribution >= 0.6 is 0 Å². The van der Waals surface area contributed by atoms with Gasteiger partial charge in [-0.3, -0.25) is 14.4 Å². The fourth-order valence-electron chi connectivity index (χ4n) is 1.98. The van der Waals surface area contributed by atoms with Crippen LogP contribution in [0.25, 0.3) is 0 Å². The Labute approximate surface area is 127 Å². The van der Waals surface area contributed by atoms with Crippen LogP contribution in [0.1, 0.15) is 39.0 Å². The van der Waals surface area contributed by atoms with Gasteiger partial charge in [-0.1, -0.05) is 0 Å². The Hall–Kier alpha value is -2.64. The maximum absolute atomic E-state index is 12.1. The van der Waals surface area contributed by atoms with E-state index in [0.717, 1.165) is 0 Å². The molecule has 0 unspecified atom stereocenters. The van der Waals surface area contributed by atoms with Crippen LogP contribution in [-0.2, 0) is 14.3 Å². The number of esters is 1. The average Bonchev–Trinajstić information content (AvgIpc) is 2.78. The lowest BCUT2D eigenvalue weighted by molar-refractivity contribution is -0.138. The molecule has 1 rings (SSSR count). The molecular weight excluding hydrogens is 290 g/mol. The van der Waals surface area contributed by atoms with Crippen LogP contribution in [0, 0.1) is 13.8 Å². The first-order valence-electron chi connectivity index (χ1n) is 6.72. The number of Topliss-reactive ketones (excluding diaryl/α,β-unsaturated/α-hetero) is 1. The van der Waals surface area contributed by atoms with Crippen molar-refractivity contribution in [2.24, 2.45) is 0 Å². The standard InChI is InChI=1S/C14H19N3O5/c1-5-22-14(21)10-7(2)11(17-8(10)3)9(18)6-16-13(20)12(19)15-4/h17H,5-6H2,1-4H3,(H,15,19)(H,16,20). The number of ketones is 1. The SMILES string of the molecule is CCOC(=O)c1c(C)[nH]c(C(=O)CNC(=O)C(=O)NC)c1C. The molecule has 0 aromatic carbocycles. The topological polar surface area (TPSA) is 117 Å². The Morgan fingerprint density at radius 2 is 1.77 bits per heavy atom. The van der Waals surface area contributed by atoms with Crippen molar-refractivity contribution in [2.45, 2.75) is 20.8 Å². The van der Waals surface area contributed by atoms with Gasteiger partial charge >= 0.3 is 17.8 Å². The Kier molecular flexibility index (Phi) is 5.85. The number of H-pyrrole nitrogens is 1. The van der Waals surface area contributed by atoms with Crippen LogP contribution in [0.15, 0.2) is 0 Å². The fourth-order valence-corrected chi connectivity index (χ4v) is 1.98. The third-order valence-electron chi connectivity index (χ3n) is 3.04. The van der Waals surface area contributed by atoms with Gasteiger partial charge in [0, 0.05) is 12.7 Å². The second-order valence-corrected chi connectivity index (χ2v) is 4.53. The van der Waals surface area contributed by atoms with E-state index in [1.54, 1.807) is 20.8 Å². The van der Waals surface area contributed by atoms with E-state index in [2.05, 4.69) is 15.6 Å². The summed E-state index contributed by atoms with van der Waals surface area (Å²) in [7, 11) is 1.31. The van der Waals surface area contributed by atoms with Crippen molar-refractivity contribution in [1.29, 1.82) is 0 Å². The van der Waals surface area contributed by atoms with Gasteiger partial charge in [0.2, 0.25) is 0 Å². The first kappa shape index (κ1) is 17.4. The Balaban J connectivity index is 2.87. The summed E-state index contributed by atoms with van der Waals surface area (Å²) in [5.74, 6) is -2.68. The third-order valence-corrected chi connectivity index (χ3v) is 3.04. The average molecular weight is 309 g/mol. The number of carbonyl (C=O) groups excluding carboxylic acids is 4. The number of aromatic nitrogens is 1. The molecule has 8 nitrogen and oxygen atoms in total. The van der Waals surface area contributed by atoms with Gasteiger partial charge < -0.3 is 20.4 Å². The molecule has 0 radical (unpaired) electrons. The summed E-state index contributed by atoms with van der Waals surface area (Å²) in [6.07, 6.45) is 0. The highest BCUT2D eigenvalue weighted by atomic mass is 16.5. The first-order chi connectivity index (χ1) is 10.3. The number of carbonyl (C=O) groups is 4. The van der Waals surface area contributed by atoms with Gasteiger partial charge in [0.25, 0.3) is 0 Å². The van der Waals surface area contributed by atoms with Gasteiger partial charge in [0.15, 0.2) is 5.78 Å². The third kappa shape index (κ3) is 3.72. The Morgan fingerprint density at radius 1 is 1.14 bits per heavy atom. The molecule has 3 N–H and O–H groups in total. The molecule has 0 fully saturated rings. The monoisotopic (exact) mass is 309 g/mol. The maximum atomic E-state index is 12.1. The Bertz CT molecular complexity index is 618. The highest BCUT2D eigenvalue weighted by Crippen LogP contribution is 2.19. The molecule has 0 aliphatic heterocycles. The molecule has 8 heteroatoms. The molecule has 22 heavy (non-hydrogen) atoms. The van der Waals surface area contributed by atoms with E-state index in [1.807, 2.05) is 0 Å². The van der Waals surface area contributed by atoms with Crippen LogP contribution < -0.4 is 10.6 Å². The minimum Gasteiger partial charge on any atom is -0.462 e. The van der Waals surface area contributed by atoms with Gasteiger partial charge in [-0.25, -0.2) is 4.79 Å². The second-order valence-electron chi connectivity index (χ2n) is 4.53. The number of hydrogen-bond acceptors (Lipinski definition) is 5. The van der Waals surface area contributed by atoms with E-state index in [4.69, 9.17) is 4.74 Å². The van der Waals surface area contributed by atoms with Crippen molar-refractivity contribution in [3.8, 4) is 0 Å². The molecule has 0 saturated carbocycles. The molecule has 1 heterocycles. The van der Waals surface area contributed by atoms with Crippen molar-refractivity contribution in [3.05, 3.63) is 22.5 Å². The number of likely N-dealkylation sites (N-methyl/N-ethyl adjacent to an activating group) is 1. The highest BCUT2D eigenvalue weighted by Gasteiger charge is 2.23. The zero-order valence-electron chi connectivity index (χ0n) is 13.0.